The van der Waals surface area contributed by atoms with Crippen molar-refractivity contribution in [2.45, 2.75) is 19.8 Å². The highest BCUT2D eigenvalue weighted by Gasteiger charge is 2.18. The number of halogens is 1. The predicted octanol–water partition coefficient (Wildman–Crippen LogP) is 4.41. The SMILES string of the molecule is CCN1CCc2cc(Nc3ncc(Cl)c(Nc4ccccc4C(=O)NC)n3)c(OC)cc2CC1. The van der Waals surface area contributed by atoms with E-state index in [-0.39, 0.29) is 5.91 Å². The summed E-state index contributed by atoms with van der Waals surface area (Å²) in [5.74, 6) is 1.29. The number of fused-ring (bicyclic) bond motifs is 1. The van der Waals surface area contributed by atoms with E-state index in [0.29, 0.717) is 28.0 Å². The first-order chi connectivity index (χ1) is 16.5. The molecule has 0 bridgehead atoms. The lowest BCUT2D eigenvalue weighted by atomic mass is 10.0. The molecule has 178 valence electrons. The van der Waals surface area contributed by atoms with Crippen LogP contribution in [0.3, 0.4) is 0 Å². The summed E-state index contributed by atoms with van der Waals surface area (Å²) in [6.45, 7) is 5.32. The molecule has 0 radical (unpaired) electrons. The van der Waals surface area contributed by atoms with Crippen molar-refractivity contribution in [3.05, 3.63) is 64.3 Å². The minimum atomic E-state index is -0.206. The third kappa shape index (κ3) is 5.24. The van der Waals surface area contributed by atoms with Gasteiger partial charge >= 0.3 is 0 Å². The zero-order chi connectivity index (χ0) is 24.1. The second-order valence-electron chi connectivity index (χ2n) is 8.02. The van der Waals surface area contributed by atoms with Crippen LogP contribution in [0.25, 0.3) is 0 Å². The molecule has 9 heteroatoms. The summed E-state index contributed by atoms with van der Waals surface area (Å²) in [7, 11) is 3.25. The Morgan fingerprint density at radius 2 is 1.85 bits per heavy atom. The number of hydrogen-bond acceptors (Lipinski definition) is 7. The normalized spacial score (nSPS) is 13.5. The molecule has 0 spiro atoms. The Morgan fingerprint density at radius 3 is 2.56 bits per heavy atom. The molecule has 0 aliphatic carbocycles. The number of carbonyl (C=O) groups excluding carboxylic acids is 1. The molecule has 1 aliphatic rings. The molecular formula is C25H29ClN6O2. The number of carbonyl (C=O) groups is 1. The molecule has 2 aromatic carbocycles. The number of ether oxygens (including phenoxy) is 1. The summed E-state index contributed by atoms with van der Waals surface area (Å²) < 4.78 is 5.66. The van der Waals surface area contributed by atoms with Gasteiger partial charge < -0.3 is 25.6 Å². The van der Waals surface area contributed by atoms with Crippen LogP contribution in [0, 0.1) is 0 Å². The second-order valence-corrected chi connectivity index (χ2v) is 8.43. The van der Waals surface area contributed by atoms with Crippen molar-refractivity contribution in [3.8, 4) is 5.75 Å². The van der Waals surface area contributed by atoms with Gasteiger partial charge in [0, 0.05) is 20.1 Å². The van der Waals surface area contributed by atoms with E-state index in [2.05, 4.69) is 49.9 Å². The average Bonchev–Trinajstić information content (AvgIpc) is 3.07. The van der Waals surface area contributed by atoms with Gasteiger partial charge in [0.15, 0.2) is 5.82 Å². The maximum Gasteiger partial charge on any atom is 0.253 e. The Labute approximate surface area is 204 Å². The Hall–Kier alpha value is -3.36. The first kappa shape index (κ1) is 23.8. The first-order valence-corrected chi connectivity index (χ1v) is 11.7. The molecule has 3 N–H and O–H groups in total. The minimum absolute atomic E-state index is 0.206. The van der Waals surface area contributed by atoms with Gasteiger partial charge in [0.1, 0.15) is 10.8 Å². The molecule has 0 saturated carbocycles. The molecule has 0 unspecified atom stereocenters. The largest absolute Gasteiger partial charge is 0.495 e. The Balaban J connectivity index is 1.61. The molecular weight excluding hydrogens is 452 g/mol. The number of likely N-dealkylation sites (N-methyl/N-ethyl adjacent to an activating group) is 1. The lowest BCUT2D eigenvalue weighted by Gasteiger charge is -2.16. The smallest absolute Gasteiger partial charge is 0.253 e. The Kier molecular flexibility index (Phi) is 7.49. The molecule has 2 heterocycles. The van der Waals surface area contributed by atoms with Gasteiger partial charge in [0.05, 0.1) is 30.2 Å². The third-order valence-corrected chi connectivity index (χ3v) is 6.28. The second kappa shape index (κ2) is 10.7. The van der Waals surface area contributed by atoms with Crippen LogP contribution in [-0.2, 0) is 12.8 Å². The lowest BCUT2D eigenvalue weighted by molar-refractivity contribution is 0.0964. The Morgan fingerprint density at radius 1 is 1.12 bits per heavy atom. The lowest BCUT2D eigenvalue weighted by Crippen LogP contribution is -2.25. The van der Waals surface area contributed by atoms with Crippen LogP contribution in [0.2, 0.25) is 5.02 Å². The van der Waals surface area contributed by atoms with E-state index in [1.165, 1.54) is 17.3 Å². The standard InChI is InChI=1S/C25H29ClN6O2/c1-4-32-11-9-16-13-21(22(34-3)14-17(16)10-12-32)30-25-28-15-19(26)23(31-25)29-20-8-6-5-7-18(20)24(33)27-2/h5-8,13-15H,4,9-12H2,1-3H3,(H,27,33)(H2,28,29,30,31). The number of aromatic nitrogens is 2. The number of nitrogens with one attached hydrogen (secondary N) is 3. The fraction of sp³-hybridized carbons (Fsp3) is 0.320. The van der Waals surface area contributed by atoms with E-state index in [9.17, 15) is 4.79 Å². The number of methoxy groups -OCH3 is 1. The fourth-order valence-corrected chi connectivity index (χ4v) is 4.21. The van der Waals surface area contributed by atoms with E-state index in [0.717, 1.165) is 43.9 Å². The number of anilines is 4. The van der Waals surface area contributed by atoms with Crippen LogP contribution < -0.4 is 20.7 Å². The summed E-state index contributed by atoms with van der Waals surface area (Å²) in [4.78, 5) is 23.6. The molecule has 1 aromatic heterocycles. The summed E-state index contributed by atoms with van der Waals surface area (Å²) in [6.07, 6.45) is 3.50. The van der Waals surface area contributed by atoms with Crippen LogP contribution in [0.4, 0.5) is 23.1 Å². The van der Waals surface area contributed by atoms with Gasteiger partial charge in [-0.15, -0.1) is 0 Å². The van der Waals surface area contributed by atoms with Gasteiger partial charge in [-0.3, -0.25) is 4.79 Å². The summed E-state index contributed by atoms with van der Waals surface area (Å²) >= 11 is 6.37. The highest BCUT2D eigenvalue weighted by molar-refractivity contribution is 6.33. The molecule has 4 rings (SSSR count). The van der Waals surface area contributed by atoms with E-state index >= 15 is 0 Å². The molecule has 8 nitrogen and oxygen atoms in total. The molecule has 0 saturated heterocycles. The van der Waals surface area contributed by atoms with E-state index in [1.807, 2.05) is 6.07 Å². The van der Waals surface area contributed by atoms with Crippen molar-refractivity contribution < 1.29 is 9.53 Å². The molecule has 3 aromatic rings. The molecule has 0 fully saturated rings. The minimum Gasteiger partial charge on any atom is -0.495 e. The summed E-state index contributed by atoms with van der Waals surface area (Å²) in [5, 5.41) is 9.42. The molecule has 1 amide bonds. The van der Waals surface area contributed by atoms with Gasteiger partial charge in [0.25, 0.3) is 5.91 Å². The number of para-hydroxylation sites is 1. The number of benzene rings is 2. The van der Waals surface area contributed by atoms with Gasteiger partial charge in [0.2, 0.25) is 5.95 Å². The fourth-order valence-electron chi connectivity index (χ4n) is 4.07. The van der Waals surface area contributed by atoms with E-state index < -0.39 is 0 Å². The quantitative estimate of drug-likeness (QED) is 0.461. The number of rotatable bonds is 7. The van der Waals surface area contributed by atoms with Crippen molar-refractivity contribution >= 4 is 40.6 Å². The van der Waals surface area contributed by atoms with Crippen LogP contribution in [-0.4, -0.2) is 54.6 Å². The van der Waals surface area contributed by atoms with Crippen molar-refractivity contribution in [2.24, 2.45) is 0 Å². The molecule has 1 aliphatic heterocycles. The summed E-state index contributed by atoms with van der Waals surface area (Å²) in [5.41, 5.74) is 4.49. The average molecular weight is 481 g/mol. The number of hydrogen-bond donors (Lipinski definition) is 3. The third-order valence-electron chi connectivity index (χ3n) is 6.01. The predicted molar refractivity (Wildman–Crippen MR) is 136 cm³/mol. The zero-order valence-electron chi connectivity index (χ0n) is 19.6. The maximum atomic E-state index is 12.2. The van der Waals surface area contributed by atoms with Crippen LogP contribution in [0.5, 0.6) is 5.75 Å². The van der Waals surface area contributed by atoms with E-state index in [1.54, 1.807) is 32.4 Å². The Bertz CT molecular complexity index is 1190. The van der Waals surface area contributed by atoms with Gasteiger partial charge in [-0.1, -0.05) is 30.7 Å². The van der Waals surface area contributed by atoms with Crippen molar-refractivity contribution in [1.82, 2.24) is 20.2 Å². The van der Waals surface area contributed by atoms with Crippen LogP contribution in [0.15, 0.2) is 42.6 Å². The van der Waals surface area contributed by atoms with Gasteiger partial charge in [-0.2, -0.15) is 4.98 Å². The summed E-state index contributed by atoms with van der Waals surface area (Å²) in [6, 6.07) is 11.4. The first-order valence-electron chi connectivity index (χ1n) is 11.3. The van der Waals surface area contributed by atoms with E-state index in [4.69, 9.17) is 16.3 Å². The number of nitrogens with zero attached hydrogens (tertiary/aromatic N) is 3. The highest BCUT2D eigenvalue weighted by atomic mass is 35.5. The van der Waals surface area contributed by atoms with Crippen LogP contribution >= 0.6 is 11.6 Å². The van der Waals surface area contributed by atoms with Crippen molar-refractivity contribution in [3.63, 3.8) is 0 Å². The van der Waals surface area contributed by atoms with Crippen molar-refractivity contribution in [1.29, 1.82) is 0 Å². The van der Waals surface area contributed by atoms with Crippen molar-refractivity contribution in [2.75, 3.05) is 44.4 Å². The monoisotopic (exact) mass is 480 g/mol. The van der Waals surface area contributed by atoms with Crippen LogP contribution in [0.1, 0.15) is 28.4 Å². The maximum absolute atomic E-state index is 12.2. The molecule has 0 atom stereocenters. The van der Waals surface area contributed by atoms with Gasteiger partial charge in [-0.05, 0) is 54.8 Å². The highest BCUT2D eigenvalue weighted by Crippen LogP contribution is 2.33. The number of amides is 1. The zero-order valence-corrected chi connectivity index (χ0v) is 20.4. The topological polar surface area (TPSA) is 91.4 Å². The molecule has 34 heavy (non-hydrogen) atoms. The van der Waals surface area contributed by atoms with Gasteiger partial charge in [-0.25, -0.2) is 4.98 Å².